The van der Waals surface area contributed by atoms with Gasteiger partial charge >= 0.3 is 0 Å². The lowest BCUT2D eigenvalue weighted by Crippen LogP contribution is -2.32. The Labute approximate surface area is 88.4 Å². The van der Waals surface area contributed by atoms with Gasteiger partial charge in [-0.1, -0.05) is 0 Å². The van der Waals surface area contributed by atoms with Crippen LogP contribution in [0, 0.1) is 0 Å². The first-order chi connectivity index (χ1) is 7.35. The first-order valence-corrected chi connectivity index (χ1v) is 4.69. The summed E-state index contributed by atoms with van der Waals surface area (Å²) < 4.78 is 0. The molecule has 0 spiro atoms. The molecule has 1 aromatic rings. The van der Waals surface area contributed by atoms with Gasteiger partial charge in [-0.3, -0.25) is 4.90 Å². The predicted octanol–water partition coefficient (Wildman–Crippen LogP) is -1.93. The molecule has 0 unspecified atom stereocenters. The molecular weight excluding hydrogens is 200 g/mol. The molecule has 1 aromatic heterocycles. The Morgan fingerprint density at radius 2 is 1.27 bits per heavy atom. The van der Waals surface area contributed by atoms with E-state index < -0.39 is 0 Å². The van der Waals surface area contributed by atoms with Crippen LogP contribution in [0.3, 0.4) is 0 Å². The molecule has 0 saturated carbocycles. The molecular formula is C8H18N4O3. The molecule has 0 radical (unpaired) electrons. The number of nitrogens with one attached hydrogen (secondary N) is 1. The summed E-state index contributed by atoms with van der Waals surface area (Å²) in [5.41, 5.74) is 0. The highest BCUT2D eigenvalue weighted by atomic mass is 16.3. The summed E-state index contributed by atoms with van der Waals surface area (Å²) in [5.74, 6) is 0. The van der Waals surface area contributed by atoms with Crippen molar-refractivity contribution in [1.29, 1.82) is 0 Å². The van der Waals surface area contributed by atoms with Crippen LogP contribution < -0.4 is 0 Å². The zero-order valence-electron chi connectivity index (χ0n) is 8.58. The van der Waals surface area contributed by atoms with Crippen LogP contribution in [0.4, 0.5) is 0 Å². The number of hydrogen-bond acceptors (Lipinski definition) is 6. The van der Waals surface area contributed by atoms with Gasteiger partial charge in [0.05, 0.1) is 32.2 Å². The molecule has 0 amide bonds. The lowest BCUT2D eigenvalue weighted by molar-refractivity contribution is 0.136. The van der Waals surface area contributed by atoms with Gasteiger partial charge in [0.25, 0.3) is 0 Å². The van der Waals surface area contributed by atoms with Gasteiger partial charge < -0.3 is 15.3 Å². The fraction of sp³-hybridized carbons (Fsp3) is 0.750. The second kappa shape index (κ2) is 11.1. The highest BCUT2D eigenvalue weighted by Crippen LogP contribution is 1.84. The Kier molecular flexibility index (Phi) is 10.3. The van der Waals surface area contributed by atoms with Gasteiger partial charge in [0.15, 0.2) is 0 Å². The maximum Gasteiger partial charge on any atom is 0.0690 e. The van der Waals surface area contributed by atoms with Gasteiger partial charge in [0.2, 0.25) is 0 Å². The van der Waals surface area contributed by atoms with Gasteiger partial charge in [0.1, 0.15) is 0 Å². The third-order valence-electron chi connectivity index (χ3n) is 1.58. The van der Waals surface area contributed by atoms with Crippen molar-refractivity contribution in [3.8, 4) is 0 Å². The number of rotatable bonds is 6. The van der Waals surface area contributed by atoms with E-state index in [9.17, 15) is 0 Å². The topological polar surface area (TPSA) is 106 Å². The number of aliphatic hydroxyl groups excluding tert-OH is 3. The van der Waals surface area contributed by atoms with Crippen LogP contribution in [-0.4, -0.2) is 75.1 Å². The third-order valence-corrected chi connectivity index (χ3v) is 1.58. The third kappa shape index (κ3) is 9.29. The summed E-state index contributed by atoms with van der Waals surface area (Å²) in [5, 5.41) is 34.8. The molecule has 0 aliphatic carbocycles. The molecule has 0 atom stereocenters. The van der Waals surface area contributed by atoms with Crippen LogP contribution in [0.15, 0.2) is 12.4 Å². The zero-order chi connectivity index (χ0) is 11.4. The van der Waals surface area contributed by atoms with E-state index in [1.807, 2.05) is 0 Å². The van der Waals surface area contributed by atoms with Gasteiger partial charge in [-0.05, 0) is 0 Å². The average Bonchev–Trinajstić information content (AvgIpc) is 2.77. The number of aromatic amines is 1. The molecule has 15 heavy (non-hydrogen) atoms. The SMILES string of the molecule is OCCN(CCO)CCO.c1cn[nH]n1. The van der Waals surface area contributed by atoms with Crippen LogP contribution >= 0.6 is 0 Å². The Hall–Kier alpha value is -1.02. The minimum atomic E-state index is 0.0694. The lowest BCUT2D eigenvalue weighted by atomic mass is 10.4. The van der Waals surface area contributed by atoms with E-state index in [1.165, 1.54) is 0 Å². The quantitative estimate of drug-likeness (QED) is 0.443. The summed E-state index contributed by atoms with van der Waals surface area (Å²) in [6, 6.07) is 0. The molecule has 7 heteroatoms. The first kappa shape index (κ1) is 14.0. The second-order valence-corrected chi connectivity index (χ2v) is 2.67. The summed E-state index contributed by atoms with van der Waals surface area (Å²) in [7, 11) is 0. The molecule has 1 rings (SSSR count). The van der Waals surface area contributed by atoms with Crippen LogP contribution in [0.1, 0.15) is 0 Å². The van der Waals surface area contributed by atoms with Crippen molar-refractivity contribution in [2.24, 2.45) is 0 Å². The van der Waals surface area contributed by atoms with Crippen LogP contribution in [0.25, 0.3) is 0 Å². The van der Waals surface area contributed by atoms with Crippen molar-refractivity contribution in [2.75, 3.05) is 39.5 Å². The van der Waals surface area contributed by atoms with Crippen molar-refractivity contribution < 1.29 is 15.3 Å². The molecule has 0 aliphatic rings. The van der Waals surface area contributed by atoms with Crippen molar-refractivity contribution >= 4 is 0 Å². The maximum atomic E-state index is 8.48. The van der Waals surface area contributed by atoms with Crippen LogP contribution in [-0.2, 0) is 0 Å². The van der Waals surface area contributed by atoms with Crippen LogP contribution in [0.2, 0.25) is 0 Å². The lowest BCUT2D eigenvalue weighted by Gasteiger charge is -2.17. The van der Waals surface area contributed by atoms with Gasteiger partial charge in [-0.15, -0.1) is 0 Å². The smallest absolute Gasteiger partial charge is 0.0690 e. The summed E-state index contributed by atoms with van der Waals surface area (Å²) in [6.07, 6.45) is 3.17. The fourth-order valence-corrected chi connectivity index (χ4v) is 0.926. The zero-order valence-corrected chi connectivity index (χ0v) is 8.58. The van der Waals surface area contributed by atoms with E-state index in [1.54, 1.807) is 17.3 Å². The molecule has 0 bridgehead atoms. The monoisotopic (exact) mass is 218 g/mol. The number of aliphatic hydroxyl groups is 3. The van der Waals surface area contributed by atoms with E-state index in [-0.39, 0.29) is 19.8 Å². The highest BCUT2D eigenvalue weighted by Gasteiger charge is 2.00. The maximum absolute atomic E-state index is 8.48. The van der Waals surface area contributed by atoms with E-state index >= 15 is 0 Å². The molecule has 0 saturated heterocycles. The normalized spacial score (nSPS) is 9.87. The largest absolute Gasteiger partial charge is 0.395 e. The fourth-order valence-electron chi connectivity index (χ4n) is 0.926. The van der Waals surface area contributed by atoms with Crippen molar-refractivity contribution in [1.82, 2.24) is 20.3 Å². The van der Waals surface area contributed by atoms with E-state index in [2.05, 4.69) is 15.4 Å². The molecule has 0 fully saturated rings. The minimum Gasteiger partial charge on any atom is -0.395 e. The average molecular weight is 218 g/mol. The number of hydrogen-bond donors (Lipinski definition) is 4. The van der Waals surface area contributed by atoms with Gasteiger partial charge in [0, 0.05) is 19.6 Å². The van der Waals surface area contributed by atoms with Gasteiger partial charge in [-0.2, -0.15) is 15.4 Å². The van der Waals surface area contributed by atoms with Crippen LogP contribution in [0.5, 0.6) is 0 Å². The standard InChI is InChI=1S/C6H15NO3.C2H3N3/c8-4-1-7(2-5-9)3-6-10;1-2-4-5-3-1/h8-10H,1-6H2;1-2H,(H,3,4,5). The summed E-state index contributed by atoms with van der Waals surface area (Å²) in [4.78, 5) is 1.79. The molecule has 0 aromatic carbocycles. The molecule has 1 heterocycles. The number of aromatic nitrogens is 3. The highest BCUT2D eigenvalue weighted by molar-refractivity contribution is 4.55. The first-order valence-electron chi connectivity index (χ1n) is 4.69. The summed E-state index contributed by atoms with van der Waals surface area (Å²) in [6.45, 7) is 1.75. The Morgan fingerprint density at radius 1 is 0.867 bits per heavy atom. The van der Waals surface area contributed by atoms with E-state index in [4.69, 9.17) is 15.3 Å². The second-order valence-electron chi connectivity index (χ2n) is 2.67. The predicted molar refractivity (Wildman–Crippen MR) is 54.1 cm³/mol. The Balaban J connectivity index is 0.000000322. The Morgan fingerprint density at radius 3 is 1.47 bits per heavy atom. The molecule has 4 N–H and O–H groups in total. The van der Waals surface area contributed by atoms with Crippen molar-refractivity contribution in [3.05, 3.63) is 12.4 Å². The molecule has 0 aliphatic heterocycles. The minimum absolute atomic E-state index is 0.0694. The Bertz CT molecular complexity index is 164. The molecule has 7 nitrogen and oxygen atoms in total. The van der Waals surface area contributed by atoms with Gasteiger partial charge in [-0.25, -0.2) is 0 Å². The van der Waals surface area contributed by atoms with Crippen molar-refractivity contribution in [3.63, 3.8) is 0 Å². The van der Waals surface area contributed by atoms with Crippen molar-refractivity contribution in [2.45, 2.75) is 0 Å². The van der Waals surface area contributed by atoms with E-state index in [0.29, 0.717) is 19.6 Å². The summed E-state index contributed by atoms with van der Waals surface area (Å²) >= 11 is 0. The number of nitrogens with zero attached hydrogens (tertiary/aromatic N) is 3. The molecule has 88 valence electrons. The number of H-pyrrole nitrogens is 1. The van der Waals surface area contributed by atoms with E-state index in [0.717, 1.165) is 0 Å².